The highest BCUT2D eigenvalue weighted by molar-refractivity contribution is 7.98. The van der Waals surface area contributed by atoms with Crippen LogP contribution >= 0.6 is 11.8 Å². The van der Waals surface area contributed by atoms with E-state index in [0.717, 1.165) is 0 Å². The number of pyridine rings is 2. The molecule has 0 unspecified atom stereocenters. The predicted octanol–water partition coefficient (Wildman–Crippen LogP) is 2.35. The third-order valence-electron chi connectivity index (χ3n) is 4.44. The van der Waals surface area contributed by atoms with Gasteiger partial charge >= 0.3 is 5.97 Å². The van der Waals surface area contributed by atoms with Crippen LogP contribution in [0.2, 0.25) is 0 Å². The number of aromatic nitrogens is 1. The van der Waals surface area contributed by atoms with Crippen molar-refractivity contribution in [3.8, 4) is 6.07 Å². The number of esters is 1. The molecule has 1 N–H and O–H groups in total. The standard InChI is InChI=1S/C18H18N2O4S/c1-25-16-13(10-19)17(22)20-9-3-2-4-14(20)15(16)18(23)24-12-7-5-11(21)6-8-12/h2-4,9,11-12,21H,5-8H2,1H3. The Labute approximate surface area is 149 Å². The maximum absolute atomic E-state index is 12.8. The van der Waals surface area contributed by atoms with Crippen molar-refractivity contribution in [1.82, 2.24) is 4.40 Å². The molecule has 6 nitrogen and oxygen atoms in total. The molecule has 7 heteroatoms. The lowest BCUT2D eigenvalue weighted by Gasteiger charge is -2.25. The summed E-state index contributed by atoms with van der Waals surface area (Å²) < 4.78 is 6.93. The zero-order valence-corrected chi connectivity index (χ0v) is 14.6. The van der Waals surface area contributed by atoms with Crippen molar-refractivity contribution in [2.75, 3.05) is 6.26 Å². The molecule has 0 aliphatic heterocycles. The fourth-order valence-electron chi connectivity index (χ4n) is 3.16. The molecule has 1 aliphatic rings. The quantitative estimate of drug-likeness (QED) is 0.669. The lowest BCUT2D eigenvalue weighted by molar-refractivity contribution is 0.00442. The van der Waals surface area contributed by atoms with Gasteiger partial charge < -0.3 is 9.84 Å². The molecule has 1 aliphatic carbocycles. The van der Waals surface area contributed by atoms with E-state index in [1.165, 1.54) is 22.4 Å². The fourth-order valence-corrected chi connectivity index (χ4v) is 3.89. The van der Waals surface area contributed by atoms with Crippen LogP contribution in [0.5, 0.6) is 0 Å². The van der Waals surface area contributed by atoms with Gasteiger partial charge in [-0.3, -0.25) is 9.20 Å². The Morgan fingerprint density at radius 3 is 2.72 bits per heavy atom. The summed E-state index contributed by atoms with van der Waals surface area (Å²) in [5, 5.41) is 19.0. The molecule has 2 aromatic heterocycles. The molecule has 1 fully saturated rings. The molecule has 0 aromatic carbocycles. The summed E-state index contributed by atoms with van der Waals surface area (Å²) in [6.45, 7) is 0. The number of nitriles is 1. The number of nitrogens with zero attached hydrogens (tertiary/aromatic N) is 2. The SMILES string of the molecule is CSc1c(C#N)c(=O)n2ccccc2c1C(=O)OC1CCC(O)CC1. The van der Waals surface area contributed by atoms with E-state index in [1.807, 2.05) is 6.07 Å². The second kappa shape index (κ2) is 7.30. The van der Waals surface area contributed by atoms with Crippen molar-refractivity contribution in [3.05, 3.63) is 45.9 Å². The molecular formula is C18H18N2O4S. The maximum atomic E-state index is 12.8. The van der Waals surface area contributed by atoms with Gasteiger partial charge in [0.25, 0.3) is 5.56 Å². The van der Waals surface area contributed by atoms with Crippen molar-refractivity contribution in [1.29, 1.82) is 5.26 Å². The summed E-state index contributed by atoms with van der Waals surface area (Å²) in [5.74, 6) is -0.536. The zero-order valence-electron chi connectivity index (χ0n) is 13.8. The molecule has 130 valence electrons. The predicted molar refractivity (Wildman–Crippen MR) is 93.8 cm³/mol. The minimum absolute atomic E-state index is 0.0535. The van der Waals surface area contributed by atoms with Crippen LogP contribution in [0.4, 0.5) is 0 Å². The molecule has 3 rings (SSSR count). The number of aliphatic hydroxyl groups excluding tert-OH is 1. The number of hydrogen-bond donors (Lipinski definition) is 1. The molecule has 0 atom stereocenters. The highest BCUT2D eigenvalue weighted by atomic mass is 32.2. The zero-order chi connectivity index (χ0) is 18.0. The third-order valence-corrected chi connectivity index (χ3v) is 5.26. The van der Waals surface area contributed by atoms with E-state index >= 15 is 0 Å². The second-order valence-corrected chi connectivity index (χ2v) is 6.81. The Balaban J connectivity index is 2.08. The second-order valence-electron chi connectivity index (χ2n) is 5.99. The molecule has 25 heavy (non-hydrogen) atoms. The van der Waals surface area contributed by atoms with E-state index in [0.29, 0.717) is 36.1 Å². The Morgan fingerprint density at radius 1 is 1.36 bits per heavy atom. The minimum atomic E-state index is -0.536. The van der Waals surface area contributed by atoms with Crippen LogP contribution in [0.3, 0.4) is 0 Å². The fraction of sp³-hybridized carbons (Fsp3) is 0.389. The summed E-state index contributed by atoms with van der Waals surface area (Å²) in [6, 6.07) is 6.99. The van der Waals surface area contributed by atoms with Gasteiger partial charge in [0.2, 0.25) is 0 Å². The first-order valence-electron chi connectivity index (χ1n) is 8.07. The van der Waals surface area contributed by atoms with Gasteiger partial charge in [0.05, 0.1) is 17.2 Å². The average molecular weight is 358 g/mol. The Bertz CT molecular complexity index is 908. The number of ether oxygens (including phenoxy) is 1. The van der Waals surface area contributed by atoms with Gasteiger partial charge in [-0.15, -0.1) is 11.8 Å². The van der Waals surface area contributed by atoms with Gasteiger partial charge in [0.15, 0.2) is 0 Å². The first-order chi connectivity index (χ1) is 12.1. The number of fused-ring (bicyclic) bond motifs is 1. The number of rotatable bonds is 3. The molecule has 0 amide bonds. The van der Waals surface area contributed by atoms with Crippen molar-refractivity contribution < 1.29 is 14.6 Å². The lowest BCUT2D eigenvalue weighted by Crippen LogP contribution is -2.28. The van der Waals surface area contributed by atoms with Crippen LogP contribution < -0.4 is 5.56 Å². The summed E-state index contributed by atoms with van der Waals surface area (Å²) in [4.78, 5) is 25.7. The Kier molecular flexibility index (Phi) is 5.11. The topological polar surface area (TPSA) is 91.8 Å². The van der Waals surface area contributed by atoms with Crippen LogP contribution in [-0.4, -0.2) is 33.9 Å². The van der Waals surface area contributed by atoms with Crippen molar-refractivity contribution in [3.63, 3.8) is 0 Å². The van der Waals surface area contributed by atoms with Crippen molar-refractivity contribution >= 4 is 23.2 Å². The van der Waals surface area contributed by atoms with E-state index in [9.17, 15) is 20.0 Å². The highest BCUT2D eigenvalue weighted by Gasteiger charge is 2.27. The molecule has 0 radical (unpaired) electrons. The van der Waals surface area contributed by atoms with E-state index < -0.39 is 11.5 Å². The van der Waals surface area contributed by atoms with E-state index in [1.54, 1.807) is 24.5 Å². The maximum Gasteiger partial charge on any atom is 0.341 e. The van der Waals surface area contributed by atoms with Crippen molar-refractivity contribution in [2.24, 2.45) is 0 Å². The smallest absolute Gasteiger partial charge is 0.341 e. The normalized spacial score (nSPS) is 20.2. The van der Waals surface area contributed by atoms with Crippen LogP contribution in [0.25, 0.3) is 5.52 Å². The monoisotopic (exact) mass is 358 g/mol. The van der Waals surface area contributed by atoms with Crippen molar-refractivity contribution in [2.45, 2.75) is 42.8 Å². The minimum Gasteiger partial charge on any atom is -0.459 e. The van der Waals surface area contributed by atoms with E-state index in [-0.39, 0.29) is 23.3 Å². The number of carbonyl (C=O) groups is 1. The Morgan fingerprint density at radius 2 is 2.08 bits per heavy atom. The average Bonchev–Trinajstić information content (AvgIpc) is 2.63. The van der Waals surface area contributed by atoms with Crippen LogP contribution in [0.15, 0.2) is 34.1 Å². The summed E-state index contributed by atoms with van der Waals surface area (Å²) >= 11 is 1.19. The molecule has 1 saturated carbocycles. The van der Waals surface area contributed by atoms with Crippen LogP contribution in [0, 0.1) is 11.3 Å². The molecule has 2 aromatic rings. The lowest BCUT2D eigenvalue weighted by atomic mass is 9.95. The molecule has 2 heterocycles. The highest BCUT2D eigenvalue weighted by Crippen LogP contribution is 2.29. The first kappa shape index (κ1) is 17.5. The van der Waals surface area contributed by atoms with Gasteiger partial charge in [-0.25, -0.2) is 4.79 Å². The largest absolute Gasteiger partial charge is 0.459 e. The number of aliphatic hydroxyl groups is 1. The summed E-state index contributed by atoms with van der Waals surface area (Å²) in [7, 11) is 0. The number of thioether (sulfide) groups is 1. The van der Waals surface area contributed by atoms with E-state index in [2.05, 4.69) is 0 Å². The van der Waals surface area contributed by atoms with Gasteiger partial charge in [-0.05, 0) is 44.1 Å². The van der Waals surface area contributed by atoms with Gasteiger partial charge in [-0.1, -0.05) is 6.07 Å². The van der Waals surface area contributed by atoms with Crippen LogP contribution in [-0.2, 0) is 4.74 Å². The molecule has 0 saturated heterocycles. The third kappa shape index (κ3) is 3.28. The van der Waals surface area contributed by atoms with Gasteiger partial charge in [0, 0.05) is 11.1 Å². The van der Waals surface area contributed by atoms with E-state index in [4.69, 9.17) is 4.74 Å². The first-order valence-corrected chi connectivity index (χ1v) is 9.29. The molecule has 0 spiro atoms. The summed E-state index contributed by atoms with van der Waals surface area (Å²) in [5.41, 5.74) is 0.175. The molecule has 0 bridgehead atoms. The van der Waals surface area contributed by atoms with Gasteiger partial charge in [0.1, 0.15) is 17.7 Å². The van der Waals surface area contributed by atoms with Gasteiger partial charge in [-0.2, -0.15) is 5.26 Å². The number of hydrogen-bond acceptors (Lipinski definition) is 6. The molecular weight excluding hydrogens is 340 g/mol. The Hall–Kier alpha value is -2.30. The summed E-state index contributed by atoms with van der Waals surface area (Å²) in [6.07, 6.45) is 5.09. The van der Waals surface area contributed by atoms with Crippen LogP contribution in [0.1, 0.15) is 41.6 Å². The number of carbonyl (C=O) groups excluding carboxylic acids is 1.